The van der Waals surface area contributed by atoms with E-state index < -0.39 is 0 Å². The molecule has 1 rings (SSSR count). The molecule has 1 heterocycles. The van der Waals surface area contributed by atoms with Gasteiger partial charge in [0, 0.05) is 39.1 Å². The summed E-state index contributed by atoms with van der Waals surface area (Å²) in [6.45, 7) is 20.0. The molecule has 1 fully saturated rings. The first kappa shape index (κ1) is 30.2. The molecule has 0 atom stereocenters. The second kappa shape index (κ2) is 17.5. The van der Waals surface area contributed by atoms with Crippen LogP contribution in [0.25, 0.3) is 0 Å². The van der Waals surface area contributed by atoms with Crippen molar-refractivity contribution >= 4 is 5.91 Å². The fraction of sp³-hybridized carbons (Fsp3) is 0.645. The summed E-state index contributed by atoms with van der Waals surface area (Å²) in [7, 11) is 0. The van der Waals surface area contributed by atoms with Gasteiger partial charge in [0.25, 0.3) is 0 Å². The van der Waals surface area contributed by atoms with Crippen LogP contribution in [0, 0.1) is 0 Å². The Balaban J connectivity index is 2.22. The number of amides is 1. The van der Waals surface area contributed by atoms with E-state index in [4.69, 9.17) is 0 Å². The van der Waals surface area contributed by atoms with E-state index in [9.17, 15) is 4.79 Å². The molecular weight excluding hydrogens is 416 g/mol. The Bertz CT molecular complexity index is 750. The summed E-state index contributed by atoms with van der Waals surface area (Å²) in [6, 6.07) is 0. The summed E-state index contributed by atoms with van der Waals surface area (Å²) in [6.07, 6.45) is 20.0. The normalized spacial score (nSPS) is 16.0. The van der Waals surface area contributed by atoms with Crippen LogP contribution in [-0.4, -0.2) is 48.4 Å². The summed E-state index contributed by atoms with van der Waals surface area (Å²) >= 11 is 0. The van der Waals surface area contributed by atoms with Crippen LogP contribution in [0.1, 0.15) is 99.8 Å². The summed E-state index contributed by atoms with van der Waals surface area (Å²) < 4.78 is 0. The molecule has 1 aliphatic heterocycles. The fourth-order valence-electron chi connectivity index (χ4n) is 4.08. The maximum atomic E-state index is 12.5. The van der Waals surface area contributed by atoms with Gasteiger partial charge in [0.05, 0.1) is 0 Å². The molecule has 0 aromatic carbocycles. The minimum Gasteiger partial charge on any atom is -0.340 e. The van der Waals surface area contributed by atoms with Gasteiger partial charge >= 0.3 is 0 Å². The SMILES string of the molecule is CC(C)=CCC/C(C)=C/CCC(C)=CCC/C(C)=C/CCC(=O)N1CCN(CC=C(C)C)CC1. The fourth-order valence-corrected chi connectivity index (χ4v) is 4.08. The number of allylic oxidation sites excluding steroid dienone is 9. The van der Waals surface area contributed by atoms with Crippen LogP contribution in [0.2, 0.25) is 0 Å². The van der Waals surface area contributed by atoms with Crippen molar-refractivity contribution in [3.05, 3.63) is 58.2 Å². The van der Waals surface area contributed by atoms with E-state index in [2.05, 4.69) is 83.7 Å². The lowest BCUT2D eigenvalue weighted by Crippen LogP contribution is -2.48. The van der Waals surface area contributed by atoms with Crippen LogP contribution in [0.5, 0.6) is 0 Å². The first-order chi connectivity index (χ1) is 16.2. The first-order valence-corrected chi connectivity index (χ1v) is 13.4. The molecule has 3 heteroatoms. The lowest BCUT2D eigenvalue weighted by molar-refractivity contribution is -0.132. The highest BCUT2D eigenvalue weighted by Crippen LogP contribution is 2.14. The van der Waals surface area contributed by atoms with Crippen molar-refractivity contribution in [1.82, 2.24) is 9.80 Å². The van der Waals surface area contributed by atoms with E-state index in [0.29, 0.717) is 12.3 Å². The molecule has 34 heavy (non-hydrogen) atoms. The quantitative estimate of drug-likeness (QED) is 0.241. The highest BCUT2D eigenvalue weighted by atomic mass is 16.2. The van der Waals surface area contributed by atoms with E-state index in [-0.39, 0.29) is 0 Å². The van der Waals surface area contributed by atoms with Gasteiger partial charge in [-0.15, -0.1) is 0 Å². The molecule has 1 amide bonds. The Kier molecular flexibility index (Phi) is 15.6. The number of carbonyl (C=O) groups excluding carboxylic acids is 1. The smallest absolute Gasteiger partial charge is 0.222 e. The predicted molar refractivity (Wildman–Crippen MR) is 150 cm³/mol. The third-order valence-corrected chi connectivity index (χ3v) is 6.49. The van der Waals surface area contributed by atoms with Crippen molar-refractivity contribution < 1.29 is 4.79 Å². The van der Waals surface area contributed by atoms with Crippen molar-refractivity contribution in [1.29, 1.82) is 0 Å². The lowest BCUT2D eigenvalue weighted by Gasteiger charge is -2.34. The molecule has 3 nitrogen and oxygen atoms in total. The Morgan fingerprint density at radius 1 is 0.559 bits per heavy atom. The van der Waals surface area contributed by atoms with Crippen LogP contribution in [0.3, 0.4) is 0 Å². The average Bonchev–Trinajstić information content (AvgIpc) is 2.77. The summed E-state index contributed by atoms with van der Waals surface area (Å²) in [5.41, 5.74) is 7.16. The molecule has 0 N–H and O–H groups in total. The van der Waals surface area contributed by atoms with E-state index in [0.717, 1.165) is 71.2 Å². The standard InChI is InChI=1S/C31H52N2O/c1-26(2)12-8-13-28(5)14-9-15-29(6)16-10-17-30(7)18-11-19-31(34)33-24-22-32(23-25-33)21-20-27(3)4/h12,14,16,18,20H,8-11,13,15,17,19,21-25H2,1-7H3/b28-14+,29-16?,30-18+. The van der Waals surface area contributed by atoms with Crippen LogP contribution >= 0.6 is 0 Å². The molecule has 1 aliphatic rings. The molecule has 0 radical (unpaired) electrons. The predicted octanol–water partition coefficient (Wildman–Crippen LogP) is 8.02. The Morgan fingerprint density at radius 3 is 1.41 bits per heavy atom. The van der Waals surface area contributed by atoms with Crippen molar-refractivity contribution in [2.24, 2.45) is 0 Å². The molecule has 192 valence electrons. The molecule has 0 saturated carbocycles. The third kappa shape index (κ3) is 15.1. The van der Waals surface area contributed by atoms with Crippen molar-refractivity contribution in [2.45, 2.75) is 99.8 Å². The molecule has 0 unspecified atom stereocenters. The van der Waals surface area contributed by atoms with Crippen molar-refractivity contribution in [3.8, 4) is 0 Å². The van der Waals surface area contributed by atoms with Gasteiger partial charge in [-0.25, -0.2) is 0 Å². The first-order valence-electron chi connectivity index (χ1n) is 13.4. The average molecular weight is 469 g/mol. The number of hydrogen-bond acceptors (Lipinski definition) is 2. The Hall–Kier alpha value is -1.87. The largest absolute Gasteiger partial charge is 0.340 e. The van der Waals surface area contributed by atoms with Gasteiger partial charge in [-0.2, -0.15) is 0 Å². The molecule has 0 aromatic rings. The summed E-state index contributed by atoms with van der Waals surface area (Å²) in [5, 5.41) is 0. The van der Waals surface area contributed by atoms with Gasteiger partial charge in [0.2, 0.25) is 5.91 Å². The van der Waals surface area contributed by atoms with Gasteiger partial charge in [-0.3, -0.25) is 9.69 Å². The van der Waals surface area contributed by atoms with Gasteiger partial charge < -0.3 is 4.90 Å². The van der Waals surface area contributed by atoms with E-state index in [1.807, 2.05) is 4.90 Å². The van der Waals surface area contributed by atoms with Crippen molar-refractivity contribution in [3.63, 3.8) is 0 Å². The van der Waals surface area contributed by atoms with E-state index >= 15 is 0 Å². The molecule has 1 saturated heterocycles. The molecule has 0 bridgehead atoms. The number of hydrogen-bond donors (Lipinski definition) is 0. The highest BCUT2D eigenvalue weighted by molar-refractivity contribution is 5.76. The minimum atomic E-state index is 0.311. The van der Waals surface area contributed by atoms with Gasteiger partial charge in [0.15, 0.2) is 0 Å². The maximum absolute atomic E-state index is 12.5. The number of piperazine rings is 1. The number of carbonyl (C=O) groups is 1. The van der Waals surface area contributed by atoms with Crippen LogP contribution in [0.15, 0.2) is 58.2 Å². The molecule has 0 spiro atoms. The lowest BCUT2D eigenvalue weighted by atomic mass is 10.0. The van der Waals surface area contributed by atoms with Gasteiger partial charge in [-0.1, -0.05) is 58.2 Å². The summed E-state index contributed by atoms with van der Waals surface area (Å²) in [4.78, 5) is 17.0. The van der Waals surface area contributed by atoms with Gasteiger partial charge in [0.1, 0.15) is 0 Å². The molecule has 0 aromatic heterocycles. The topological polar surface area (TPSA) is 23.6 Å². The zero-order valence-electron chi connectivity index (χ0n) is 23.4. The van der Waals surface area contributed by atoms with Crippen LogP contribution < -0.4 is 0 Å². The van der Waals surface area contributed by atoms with E-state index in [1.54, 1.807) is 0 Å². The highest BCUT2D eigenvalue weighted by Gasteiger charge is 2.19. The van der Waals surface area contributed by atoms with E-state index in [1.165, 1.54) is 34.3 Å². The van der Waals surface area contributed by atoms with Crippen molar-refractivity contribution in [2.75, 3.05) is 32.7 Å². The minimum absolute atomic E-state index is 0.311. The molecular formula is C31H52N2O. The third-order valence-electron chi connectivity index (χ3n) is 6.49. The van der Waals surface area contributed by atoms with Crippen LogP contribution in [-0.2, 0) is 4.79 Å². The monoisotopic (exact) mass is 468 g/mol. The number of rotatable bonds is 14. The Labute approximate surface area is 211 Å². The zero-order valence-corrected chi connectivity index (χ0v) is 23.4. The molecule has 0 aliphatic carbocycles. The maximum Gasteiger partial charge on any atom is 0.222 e. The second-order valence-electron chi connectivity index (χ2n) is 10.6. The van der Waals surface area contributed by atoms with Gasteiger partial charge in [-0.05, 0) is 93.4 Å². The number of nitrogens with zero attached hydrogens (tertiary/aromatic N) is 2. The second-order valence-corrected chi connectivity index (χ2v) is 10.6. The Morgan fingerprint density at radius 2 is 0.971 bits per heavy atom. The van der Waals surface area contributed by atoms with Crippen LogP contribution in [0.4, 0.5) is 0 Å². The zero-order chi connectivity index (χ0) is 25.3. The summed E-state index contributed by atoms with van der Waals surface area (Å²) in [5.74, 6) is 0.311.